The van der Waals surface area contributed by atoms with Crippen LogP contribution in [-0.2, 0) is 4.79 Å². The van der Waals surface area contributed by atoms with Gasteiger partial charge in [0.25, 0.3) is 11.8 Å². The maximum absolute atomic E-state index is 12.2. The Balaban J connectivity index is 1.48. The summed E-state index contributed by atoms with van der Waals surface area (Å²) in [5, 5.41) is 2.12. The van der Waals surface area contributed by atoms with Gasteiger partial charge >= 0.3 is 0 Å². The monoisotopic (exact) mass is 378 g/mol. The second-order valence-electron chi connectivity index (χ2n) is 6.18. The van der Waals surface area contributed by atoms with Crippen LogP contribution in [0.3, 0.4) is 0 Å². The molecule has 0 aromatic heterocycles. The van der Waals surface area contributed by atoms with Gasteiger partial charge in [-0.1, -0.05) is 43.3 Å². The van der Waals surface area contributed by atoms with Crippen LogP contribution in [0, 0.1) is 0 Å². The van der Waals surface area contributed by atoms with E-state index in [0.29, 0.717) is 23.7 Å². The number of benzene rings is 3. The van der Waals surface area contributed by atoms with Crippen molar-refractivity contribution in [3.63, 3.8) is 0 Å². The number of carbonyl (C=O) groups is 2. The van der Waals surface area contributed by atoms with Crippen LogP contribution in [-0.4, -0.2) is 25.0 Å². The summed E-state index contributed by atoms with van der Waals surface area (Å²) < 4.78 is 11.0. The number of rotatable bonds is 7. The average Bonchev–Trinajstić information content (AvgIpc) is 2.74. The minimum Gasteiger partial charge on any atom is -0.494 e. The van der Waals surface area contributed by atoms with Gasteiger partial charge in [0.15, 0.2) is 6.61 Å². The molecule has 0 saturated heterocycles. The number of hydrazine groups is 1. The van der Waals surface area contributed by atoms with E-state index in [1.54, 1.807) is 30.3 Å². The lowest BCUT2D eigenvalue weighted by Gasteiger charge is -2.10. The topological polar surface area (TPSA) is 76.7 Å². The summed E-state index contributed by atoms with van der Waals surface area (Å²) in [6.07, 6.45) is 0.879. The van der Waals surface area contributed by atoms with Crippen molar-refractivity contribution in [2.24, 2.45) is 0 Å². The number of fused-ring (bicyclic) bond motifs is 1. The largest absolute Gasteiger partial charge is 0.494 e. The van der Waals surface area contributed by atoms with E-state index < -0.39 is 11.8 Å². The first-order chi connectivity index (χ1) is 13.7. The van der Waals surface area contributed by atoms with Crippen LogP contribution in [0.1, 0.15) is 23.7 Å². The van der Waals surface area contributed by atoms with E-state index in [-0.39, 0.29) is 6.61 Å². The zero-order valence-corrected chi connectivity index (χ0v) is 15.6. The standard InChI is InChI=1S/C22H22N2O4/c1-2-12-27-19-9-5-8-18(14-19)22(26)24-23-21(25)15-28-20-11-10-16-6-3-4-7-17(16)13-20/h3-11,13-14H,2,12,15H2,1H3,(H,23,25)(H,24,26). The first-order valence-corrected chi connectivity index (χ1v) is 9.09. The van der Waals surface area contributed by atoms with E-state index in [4.69, 9.17) is 9.47 Å². The predicted molar refractivity (Wildman–Crippen MR) is 107 cm³/mol. The molecule has 3 aromatic carbocycles. The molecule has 0 fully saturated rings. The fourth-order valence-electron chi connectivity index (χ4n) is 2.59. The molecule has 0 spiro atoms. The van der Waals surface area contributed by atoms with Crippen LogP contribution in [0.15, 0.2) is 66.7 Å². The van der Waals surface area contributed by atoms with Gasteiger partial charge in [-0.2, -0.15) is 0 Å². The molecule has 0 saturated carbocycles. The van der Waals surface area contributed by atoms with E-state index in [0.717, 1.165) is 17.2 Å². The number of amides is 2. The smallest absolute Gasteiger partial charge is 0.276 e. The Morgan fingerprint density at radius 3 is 2.43 bits per heavy atom. The highest BCUT2D eigenvalue weighted by molar-refractivity contribution is 5.95. The molecule has 0 radical (unpaired) electrons. The van der Waals surface area contributed by atoms with Gasteiger partial charge in [-0.3, -0.25) is 20.4 Å². The molecule has 0 unspecified atom stereocenters. The molecular weight excluding hydrogens is 356 g/mol. The quantitative estimate of drug-likeness (QED) is 0.617. The van der Waals surface area contributed by atoms with Crippen molar-refractivity contribution in [3.8, 4) is 11.5 Å². The summed E-state index contributed by atoms with van der Waals surface area (Å²) in [7, 11) is 0. The van der Waals surface area contributed by atoms with Crippen molar-refractivity contribution < 1.29 is 19.1 Å². The summed E-state index contributed by atoms with van der Waals surface area (Å²) >= 11 is 0. The third-order valence-corrected chi connectivity index (χ3v) is 3.98. The molecule has 0 atom stereocenters. The Kier molecular flexibility index (Phi) is 6.46. The lowest BCUT2D eigenvalue weighted by atomic mass is 10.1. The molecule has 3 aromatic rings. The minimum absolute atomic E-state index is 0.210. The second-order valence-corrected chi connectivity index (χ2v) is 6.18. The van der Waals surface area contributed by atoms with E-state index in [2.05, 4.69) is 10.9 Å². The van der Waals surface area contributed by atoms with Crippen LogP contribution in [0.5, 0.6) is 11.5 Å². The Morgan fingerprint density at radius 2 is 1.61 bits per heavy atom. The summed E-state index contributed by atoms with van der Waals surface area (Å²) in [6, 6.07) is 20.3. The van der Waals surface area contributed by atoms with Crippen molar-refractivity contribution >= 4 is 22.6 Å². The summed E-state index contributed by atoms with van der Waals surface area (Å²) in [5.74, 6) is 0.308. The first-order valence-electron chi connectivity index (χ1n) is 9.09. The molecule has 6 heteroatoms. The van der Waals surface area contributed by atoms with Crippen molar-refractivity contribution in [3.05, 3.63) is 72.3 Å². The van der Waals surface area contributed by atoms with Crippen LogP contribution in [0.25, 0.3) is 10.8 Å². The predicted octanol–water partition coefficient (Wildman–Crippen LogP) is 3.47. The van der Waals surface area contributed by atoms with Crippen LogP contribution in [0.4, 0.5) is 0 Å². The van der Waals surface area contributed by atoms with Gasteiger partial charge in [-0.15, -0.1) is 0 Å². The average molecular weight is 378 g/mol. The molecular formula is C22H22N2O4. The Hall–Kier alpha value is -3.54. The molecule has 144 valence electrons. The molecule has 0 heterocycles. The van der Waals surface area contributed by atoms with Gasteiger partial charge in [-0.05, 0) is 47.5 Å². The lowest BCUT2D eigenvalue weighted by molar-refractivity contribution is -0.123. The molecule has 0 aliphatic carbocycles. The van der Waals surface area contributed by atoms with Gasteiger partial charge in [0.2, 0.25) is 0 Å². The van der Waals surface area contributed by atoms with Gasteiger partial charge in [0.05, 0.1) is 6.61 Å². The molecule has 6 nitrogen and oxygen atoms in total. The Bertz CT molecular complexity index is 971. The summed E-state index contributed by atoms with van der Waals surface area (Å²) in [4.78, 5) is 24.1. The Morgan fingerprint density at radius 1 is 0.821 bits per heavy atom. The SMILES string of the molecule is CCCOc1cccc(C(=O)NNC(=O)COc2ccc3ccccc3c2)c1. The van der Waals surface area contributed by atoms with Crippen LogP contribution in [0.2, 0.25) is 0 Å². The number of hydrogen-bond donors (Lipinski definition) is 2. The molecule has 2 amide bonds. The molecule has 0 bridgehead atoms. The molecule has 3 rings (SSSR count). The van der Waals surface area contributed by atoms with Gasteiger partial charge in [0.1, 0.15) is 11.5 Å². The van der Waals surface area contributed by atoms with Crippen molar-refractivity contribution in [1.82, 2.24) is 10.9 Å². The van der Waals surface area contributed by atoms with Crippen LogP contribution >= 0.6 is 0 Å². The number of carbonyl (C=O) groups excluding carboxylic acids is 2. The zero-order chi connectivity index (χ0) is 19.8. The third-order valence-electron chi connectivity index (χ3n) is 3.98. The van der Waals surface area contributed by atoms with E-state index in [1.165, 1.54) is 0 Å². The summed E-state index contributed by atoms with van der Waals surface area (Å²) in [6.45, 7) is 2.37. The van der Waals surface area contributed by atoms with Crippen molar-refractivity contribution in [2.45, 2.75) is 13.3 Å². The molecule has 0 aliphatic rings. The number of ether oxygens (including phenoxy) is 2. The van der Waals surface area contributed by atoms with Gasteiger partial charge in [-0.25, -0.2) is 0 Å². The fraction of sp³-hybridized carbons (Fsp3) is 0.182. The normalized spacial score (nSPS) is 10.3. The fourth-order valence-corrected chi connectivity index (χ4v) is 2.59. The highest BCUT2D eigenvalue weighted by atomic mass is 16.5. The highest BCUT2D eigenvalue weighted by Gasteiger charge is 2.09. The third kappa shape index (κ3) is 5.23. The zero-order valence-electron chi connectivity index (χ0n) is 15.6. The highest BCUT2D eigenvalue weighted by Crippen LogP contribution is 2.20. The van der Waals surface area contributed by atoms with E-state index in [1.807, 2.05) is 43.3 Å². The molecule has 2 N–H and O–H groups in total. The van der Waals surface area contributed by atoms with Crippen molar-refractivity contribution in [1.29, 1.82) is 0 Å². The first kappa shape index (κ1) is 19.2. The number of hydrogen-bond acceptors (Lipinski definition) is 4. The molecule has 0 aliphatic heterocycles. The van der Waals surface area contributed by atoms with E-state index >= 15 is 0 Å². The molecule has 28 heavy (non-hydrogen) atoms. The Labute approximate surface area is 163 Å². The maximum atomic E-state index is 12.2. The second kappa shape index (κ2) is 9.41. The van der Waals surface area contributed by atoms with Gasteiger partial charge < -0.3 is 9.47 Å². The minimum atomic E-state index is -0.458. The lowest BCUT2D eigenvalue weighted by Crippen LogP contribution is -2.43. The van der Waals surface area contributed by atoms with Gasteiger partial charge in [0, 0.05) is 5.56 Å². The maximum Gasteiger partial charge on any atom is 0.276 e. The van der Waals surface area contributed by atoms with Crippen LogP contribution < -0.4 is 20.3 Å². The van der Waals surface area contributed by atoms with Crippen molar-refractivity contribution in [2.75, 3.05) is 13.2 Å². The number of nitrogens with one attached hydrogen (secondary N) is 2. The summed E-state index contributed by atoms with van der Waals surface area (Å²) in [5.41, 5.74) is 5.11. The van der Waals surface area contributed by atoms with E-state index in [9.17, 15) is 9.59 Å².